The molecule has 0 spiro atoms. The first kappa shape index (κ1) is 10.3. The summed E-state index contributed by atoms with van der Waals surface area (Å²) < 4.78 is 2.42. The quantitative estimate of drug-likeness (QED) is 0.825. The number of rotatable bonds is 2. The highest BCUT2D eigenvalue weighted by atomic mass is 15.1. The van der Waals surface area contributed by atoms with E-state index in [-0.39, 0.29) is 5.41 Å². The molecule has 1 N–H and O–H groups in total. The van der Waals surface area contributed by atoms with Crippen molar-refractivity contribution in [2.45, 2.75) is 45.1 Å². The molecule has 3 nitrogen and oxygen atoms in total. The number of nitrogens with zero attached hydrogens (tertiary/aromatic N) is 2. The minimum absolute atomic E-state index is 0.287. The summed E-state index contributed by atoms with van der Waals surface area (Å²) in [4.78, 5) is 4.37. The molecule has 1 aliphatic carbocycles. The van der Waals surface area contributed by atoms with E-state index in [1.807, 2.05) is 6.33 Å². The van der Waals surface area contributed by atoms with Gasteiger partial charge in [0.25, 0.3) is 0 Å². The van der Waals surface area contributed by atoms with Crippen molar-refractivity contribution in [3.63, 3.8) is 0 Å². The zero-order chi connectivity index (χ0) is 11.4. The van der Waals surface area contributed by atoms with Gasteiger partial charge in [-0.05, 0) is 24.8 Å². The summed E-state index contributed by atoms with van der Waals surface area (Å²) in [7, 11) is 0. The molecule has 1 aromatic heterocycles. The minimum Gasteiger partial charge on any atom is -0.330 e. The zero-order valence-electron chi connectivity index (χ0n) is 10.5. The van der Waals surface area contributed by atoms with Crippen molar-refractivity contribution in [2.24, 2.45) is 5.41 Å². The summed E-state index contributed by atoms with van der Waals surface area (Å²) in [6, 6.07) is 0.669. The molecule has 2 unspecified atom stereocenters. The summed E-state index contributed by atoms with van der Waals surface area (Å²) in [5.41, 5.74) is 2.18. The van der Waals surface area contributed by atoms with E-state index in [2.05, 4.69) is 41.8 Å². The first-order valence-electron chi connectivity index (χ1n) is 6.26. The van der Waals surface area contributed by atoms with Gasteiger partial charge in [-0.2, -0.15) is 0 Å². The van der Waals surface area contributed by atoms with Gasteiger partial charge >= 0.3 is 0 Å². The van der Waals surface area contributed by atoms with Crippen molar-refractivity contribution < 1.29 is 0 Å². The number of hydrogen-bond donors (Lipinski definition) is 1. The van der Waals surface area contributed by atoms with Crippen LogP contribution >= 0.6 is 0 Å². The van der Waals surface area contributed by atoms with Crippen molar-refractivity contribution in [1.29, 1.82) is 0 Å². The van der Waals surface area contributed by atoms with E-state index in [9.17, 15) is 0 Å². The Bertz CT molecular complexity index is 399. The molecule has 1 aromatic rings. The topological polar surface area (TPSA) is 29.9 Å². The van der Waals surface area contributed by atoms with E-state index in [4.69, 9.17) is 0 Å². The predicted octanol–water partition coefficient (Wildman–Crippen LogP) is 2.11. The van der Waals surface area contributed by atoms with E-state index in [0.717, 1.165) is 13.1 Å². The van der Waals surface area contributed by atoms with E-state index in [0.29, 0.717) is 11.5 Å². The van der Waals surface area contributed by atoms with Crippen LogP contribution in [0.1, 0.15) is 45.3 Å². The second-order valence-electron chi connectivity index (χ2n) is 6.38. The molecule has 1 saturated carbocycles. The van der Waals surface area contributed by atoms with Crippen LogP contribution in [0.4, 0.5) is 0 Å². The third-order valence-corrected chi connectivity index (χ3v) is 4.45. The minimum atomic E-state index is 0.287. The standard InChI is InChI=1S/C13H21N3/c1-12(2)6-10(12)16-9-15-7-11(16)13(3)4-5-14-8-13/h7,9-10,14H,4-6,8H2,1-3H3. The maximum Gasteiger partial charge on any atom is 0.0951 e. The lowest BCUT2D eigenvalue weighted by molar-refractivity contribution is 0.449. The van der Waals surface area contributed by atoms with Crippen molar-refractivity contribution in [1.82, 2.24) is 14.9 Å². The summed E-state index contributed by atoms with van der Waals surface area (Å²) in [6.07, 6.45) is 6.62. The second-order valence-corrected chi connectivity index (χ2v) is 6.38. The Morgan fingerprint density at radius 2 is 2.19 bits per heavy atom. The molecule has 3 heteroatoms. The van der Waals surface area contributed by atoms with Crippen LogP contribution in [0.2, 0.25) is 0 Å². The summed E-state index contributed by atoms with van der Waals surface area (Å²) >= 11 is 0. The van der Waals surface area contributed by atoms with Gasteiger partial charge in [0, 0.05) is 29.9 Å². The lowest BCUT2D eigenvalue weighted by Crippen LogP contribution is -2.28. The Balaban J connectivity index is 1.94. The average Bonchev–Trinajstić information content (AvgIpc) is 2.67. The fraction of sp³-hybridized carbons (Fsp3) is 0.769. The van der Waals surface area contributed by atoms with Gasteiger partial charge in [-0.15, -0.1) is 0 Å². The second kappa shape index (κ2) is 3.10. The maximum absolute atomic E-state index is 4.37. The fourth-order valence-corrected chi connectivity index (χ4v) is 2.97. The Morgan fingerprint density at radius 1 is 1.44 bits per heavy atom. The number of aromatic nitrogens is 2. The highest BCUT2D eigenvalue weighted by Gasteiger charge is 2.49. The predicted molar refractivity (Wildman–Crippen MR) is 64.5 cm³/mol. The lowest BCUT2D eigenvalue weighted by atomic mass is 9.86. The van der Waals surface area contributed by atoms with Crippen LogP contribution in [0.3, 0.4) is 0 Å². The fourth-order valence-electron chi connectivity index (χ4n) is 2.97. The van der Waals surface area contributed by atoms with Crippen LogP contribution < -0.4 is 5.32 Å². The SMILES string of the molecule is CC1(c2cncn2C2CC2(C)C)CCNC1. The summed E-state index contributed by atoms with van der Waals surface area (Å²) in [6.45, 7) is 9.27. The number of nitrogens with one attached hydrogen (secondary N) is 1. The number of imidazole rings is 1. The van der Waals surface area contributed by atoms with E-state index >= 15 is 0 Å². The molecule has 0 radical (unpaired) electrons. The molecule has 2 heterocycles. The first-order chi connectivity index (χ1) is 7.53. The highest BCUT2D eigenvalue weighted by molar-refractivity contribution is 5.20. The molecule has 3 rings (SSSR count). The third kappa shape index (κ3) is 1.41. The molecule has 88 valence electrons. The molecule has 2 aliphatic rings. The van der Waals surface area contributed by atoms with Crippen LogP contribution in [-0.2, 0) is 5.41 Å². The molecule has 0 bridgehead atoms. The molecule has 0 aromatic carbocycles. The van der Waals surface area contributed by atoms with Gasteiger partial charge in [-0.1, -0.05) is 20.8 Å². The molecule has 2 atom stereocenters. The molecule has 16 heavy (non-hydrogen) atoms. The van der Waals surface area contributed by atoms with E-state index in [1.54, 1.807) is 0 Å². The molecule has 0 amide bonds. The van der Waals surface area contributed by atoms with Crippen LogP contribution in [0.15, 0.2) is 12.5 Å². The van der Waals surface area contributed by atoms with Gasteiger partial charge in [0.05, 0.1) is 6.33 Å². The van der Waals surface area contributed by atoms with Gasteiger partial charge in [-0.3, -0.25) is 0 Å². The Kier molecular flexibility index (Phi) is 2.00. The average molecular weight is 219 g/mol. The van der Waals surface area contributed by atoms with E-state index in [1.165, 1.54) is 18.5 Å². The first-order valence-corrected chi connectivity index (χ1v) is 6.26. The van der Waals surface area contributed by atoms with Crippen molar-refractivity contribution in [2.75, 3.05) is 13.1 Å². The van der Waals surface area contributed by atoms with E-state index < -0.39 is 0 Å². The van der Waals surface area contributed by atoms with Crippen molar-refractivity contribution in [3.8, 4) is 0 Å². The lowest BCUT2D eigenvalue weighted by Gasteiger charge is -2.25. The summed E-state index contributed by atoms with van der Waals surface area (Å²) in [5.74, 6) is 0. The zero-order valence-corrected chi connectivity index (χ0v) is 10.5. The van der Waals surface area contributed by atoms with Crippen LogP contribution in [0.5, 0.6) is 0 Å². The third-order valence-electron chi connectivity index (χ3n) is 4.45. The smallest absolute Gasteiger partial charge is 0.0951 e. The maximum atomic E-state index is 4.37. The van der Waals surface area contributed by atoms with Crippen molar-refractivity contribution >= 4 is 0 Å². The largest absolute Gasteiger partial charge is 0.330 e. The molecule has 2 fully saturated rings. The highest BCUT2D eigenvalue weighted by Crippen LogP contribution is 2.56. The van der Waals surface area contributed by atoms with Crippen LogP contribution in [0, 0.1) is 5.41 Å². The Labute approximate surface area is 97.3 Å². The monoisotopic (exact) mass is 219 g/mol. The Morgan fingerprint density at radius 3 is 2.75 bits per heavy atom. The molecule has 1 aliphatic heterocycles. The molecule has 1 saturated heterocycles. The van der Waals surface area contributed by atoms with Crippen molar-refractivity contribution in [3.05, 3.63) is 18.2 Å². The van der Waals surface area contributed by atoms with Gasteiger partial charge in [0.2, 0.25) is 0 Å². The van der Waals surface area contributed by atoms with Gasteiger partial charge in [0.1, 0.15) is 0 Å². The summed E-state index contributed by atoms with van der Waals surface area (Å²) in [5, 5.41) is 3.47. The number of hydrogen-bond acceptors (Lipinski definition) is 2. The van der Waals surface area contributed by atoms with Gasteiger partial charge in [0.15, 0.2) is 0 Å². The molecular weight excluding hydrogens is 198 g/mol. The molecular formula is C13H21N3. The van der Waals surface area contributed by atoms with Crippen LogP contribution in [-0.4, -0.2) is 22.6 Å². The Hall–Kier alpha value is -0.830. The van der Waals surface area contributed by atoms with Crippen LogP contribution in [0.25, 0.3) is 0 Å². The van der Waals surface area contributed by atoms with Gasteiger partial charge in [-0.25, -0.2) is 4.98 Å². The normalized spacial score (nSPS) is 36.6. The van der Waals surface area contributed by atoms with Gasteiger partial charge < -0.3 is 9.88 Å².